The molecule has 27 heavy (non-hydrogen) atoms. The Morgan fingerprint density at radius 3 is 2.11 bits per heavy atom. The number of para-hydroxylation sites is 1. The molecule has 0 amide bonds. The van der Waals surface area contributed by atoms with Gasteiger partial charge >= 0.3 is 0 Å². The third-order valence-electron chi connectivity index (χ3n) is 5.21. The number of hydrogen-bond acceptors (Lipinski definition) is 2. The number of fused-ring (bicyclic) bond motifs is 3. The summed E-state index contributed by atoms with van der Waals surface area (Å²) in [6.45, 7) is 3.13. The van der Waals surface area contributed by atoms with Crippen molar-refractivity contribution in [3.63, 3.8) is 0 Å². The summed E-state index contributed by atoms with van der Waals surface area (Å²) >= 11 is 0. The first-order valence-electron chi connectivity index (χ1n) is 9.26. The van der Waals surface area contributed by atoms with E-state index in [-0.39, 0.29) is 0 Å². The Morgan fingerprint density at radius 2 is 1.41 bits per heavy atom. The number of hydrogen-bond donors (Lipinski definition) is 0. The fraction of sp³-hybridized carbons (Fsp3) is 0.217. The first-order chi connectivity index (χ1) is 13.0. The molecule has 3 nitrogen and oxygen atoms in total. The lowest BCUT2D eigenvalue weighted by Gasteiger charge is -2.06. The normalized spacial score (nSPS) is 12.1. The summed E-state index contributed by atoms with van der Waals surface area (Å²) in [6, 6.07) is 22.5. The smallest absolute Gasteiger partial charge is 0.175 e. The van der Waals surface area contributed by atoms with Crippen LogP contribution in [0.2, 0.25) is 0 Å². The zero-order valence-corrected chi connectivity index (χ0v) is 16.5. The summed E-state index contributed by atoms with van der Waals surface area (Å²) in [5.74, 6) is 0. The van der Waals surface area contributed by atoms with Crippen molar-refractivity contribution < 1.29 is 8.42 Å². The van der Waals surface area contributed by atoms with Crippen molar-refractivity contribution in [1.29, 1.82) is 0 Å². The van der Waals surface area contributed by atoms with Crippen LogP contribution < -0.4 is 0 Å². The van der Waals surface area contributed by atoms with Crippen LogP contribution in [0.5, 0.6) is 0 Å². The van der Waals surface area contributed by atoms with E-state index in [1.165, 1.54) is 33.6 Å². The van der Waals surface area contributed by atoms with E-state index >= 15 is 0 Å². The lowest BCUT2D eigenvalue weighted by atomic mass is 10.0. The van der Waals surface area contributed by atoms with Crippen molar-refractivity contribution in [2.45, 2.75) is 31.2 Å². The Labute approximate surface area is 160 Å². The molecule has 0 radical (unpaired) electrons. The third kappa shape index (κ3) is 3.37. The first kappa shape index (κ1) is 17.8. The van der Waals surface area contributed by atoms with Crippen LogP contribution in [0, 0.1) is 0 Å². The van der Waals surface area contributed by atoms with E-state index in [1.54, 1.807) is 12.1 Å². The maximum atomic E-state index is 11.6. The number of benzene rings is 3. The van der Waals surface area contributed by atoms with Crippen molar-refractivity contribution in [2.24, 2.45) is 0 Å². The first-order valence-corrected chi connectivity index (χ1v) is 11.2. The van der Waals surface area contributed by atoms with Crippen molar-refractivity contribution >= 4 is 31.6 Å². The van der Waals surface area contributed by atoms with Gasteiger partial charge in [0.2, 0.25) is 0 Å². The second kappa shape index (κ2) is 6.86. The Hall–Kier alpha value is -2.59. The van der Waals surface area contributed by atoms with E-state index < -0.39 is 9.84 Å². The standard InChI is InChI=1S/C23H23NO2S/c1-3-24-22-7-5-4-6-20(22)21-16-18(12-15-23(21)24)9-8-17-10-13-19(14-11-17)27(2,25)26/h4-7,10-16H,3,8-9H2,1-2H3. The average molecular weight is 378 g/mol. The van der Waals surface area contributed by atoms with Crippen molar-refractivity contribution in [2.75, 3.05) is 6.26 Å². The predicted molar refractivity (Wildman–Crippen MR) is 112 cm³/mol. The molecule has 1 heterocycles. The van der Waals surface area contributed by atoms with E-state index in [2.05, 4.69) is 54.0 Å². The average Bonchev–Trinajstić information content (AvgIpc) is 2.99. The molecule has 4 aromatic rings. The van der Waals surface area contributed by atoms with Gasteiger partial charge in [-0.2, -0.15) is 0 Å². The van der Waals surface area contributed by atoms with Crippen molar-refractivity contribution in [1.82, 2.24) is 4.57 Å². The van der Waals surface area contributed by atoms with Crippen LogP contribution >= 0.6 is 0 Å². The molecule has 0 saturated carbocycles. The summed E-state index contributed by atoms with van der Waals surface area (Å²) in [5, 5.41) is 2.60. The quantitative estimate of drug-likeness (QED) is 0.491. The summed E-state index contributed by atoms with van der Waals surface area (Å²) < 4.78 is 25.5. The van der Waals surface area contributed by atoms with Crippen LogP contribution in [-0.2, 0) is 29.2 Å². The van der Waals surface area contributed by atoms with Gasteiger partial charge in [-0.05, 0) is 61.2 Å². The lowest BCUT2D eigenvalue weighted by molar-refractivity contribution is 0.602. The monoisotopic (exact) mass is 377 g/mol. The fourth-order valence-electron chi connectivity index (χ4n) is 3.79. The molecule has 0 aliphatic rings. The minimum absolute atomic E-state index is 0.375. The van der Waals surface area contributed by atoms with Crippen LogP contribution in [0.1, 0.15) is 18.1 Å². The largest absolute Gasteiger partial charge is 0.341 e. The summed E-state index contributed by atoms with van der Waals surface area (Å²) in [6.07, 6.45) is 3.06. The molecule has 0 atom stereocenters. The minimum Gasteiger partial charge on any atom is -0.341 e. The zero-order chi connectivity index (χ0) is 19.0. The fourth-order valence-corrected chi connectivity index (χ4v) is 4.42. The van der Waals surface area contributed by atoms with E-state index in [1.807, 2.05) is 12.1 Å². The Bertz CT molecular complexity index is 1220. The molecular weight excluding hydrogens is 354 g/mol. The van der Waals surface area contributed by atoms with Gasteiger partial charge in [0.05, 0.1) is 4.90 Å². The molecule has 0 spiro atoms. The summed E-state index contributed by atoms with van der Waals surface area (Å²) in [5.41, 5.74) is 5.01. The van der Waals surface area contributed by atoms with E-state index in [4.69, 9.17) is 0 Å². The molecule has 0 unspecified atom stereocenters. The topological polar surface area (TPSA) is 39.1 Å². The maximum absolute atomic E-state index is 11.6. The minimum atomic E-state index is -3.13. The van der Waals surface area contributed by atoms with Gasteiger partial charge in [0.25, 0.3) is 0 Å². The molecule has 0 N–H and O–H groups in total. The van der Waals surface area contributed by atoms with Gasteiger partial charge in [-0.15, -0.1) is 0 Å². The van der Waals surface area contributed by atoms with E-state index in [0.717, 1.165) is 24.9 Å². The maximum Gasteiger partial charge on any atom is 0.175 e. The molecule has 4 rings (SSSR count). The van der Waals surface area contributed by atoms with E-state index in [9.17, 15) is 8.42 Å². The molecule has 0 aliphatic heterocycles. The van der Waals surface area contributed by atoms with Gasteiger partial charge in [0, 0.05) is 34.6 Å². The van der Waals surface area contributed by atoms with Crippen LogP contribution in [0.25, 0.3) is 21.8 Å². The third-order valence-corrected chi connectivity index (χ3v) is 6.34. The highest BCUT2D eigenvalue weighted by Gasteiger charge is 2.10. The van der Waals surface area contributed by atoms with Crippen molar-refractivity contribution in [3.8, 4) is 0 Å². The zero-order valence-electron chi connectivity index (χ0n) is 15.6. The number of nitrogens with zero attached hydrogens (tertiary/aromatic N) is 1. The number of sulfone groups is 1. The summed E-state index contributed by atoms with van der Waals surface area (Å²) in [7, 11) is -3.13. The number of rotatable bonds is 5. The van der Waals surface area contributed by atoms with Gasteiger partial charge < -0.3 is 4.57 Å². The molecule has 0 aliphatic carbocycles. The Balaban J connectivity index is 1.62. The highest BCUT2D eigenvalue weighted by molar-refractivity contribution is 7.90. The highest BCUT2D eigenvalue weighted by atomic mass is 32.2. The van der Waals surface area contributed by atoms with Crippen molar-refractivity contribution in [3.05, 3.63) is 77.9 Å². The van der Waals surface area contributed by atoms with Crippen LogP contribution in [-0.4, -0.2) is 19.2 Å². The Morgan fingerprint density at radius 1 is 0.778 bits per heavy atom. The van der Waals surface area contributed by atoms with E-state index in [0.29, 0.717) is 4.90 Å². The SMILES string of the molecule is CCn1c2ccccc2c2cc(CCc3ccc(S(C)(=O)=O)cc3)ccc21. The molecule has 3 aromatic carbocycles. The van der Waals surface area contributed by atoms with Gasteiger partial charge in [-0.1, -0.05) is 36.4 Å². The molecule has 0 saturated heterocycles. The van der Waals surface area contributed by atoms with Crippen LogP contribution in [0.4, 0.5) is 0 Å². The van der Waals surface area contributed by atoms with Gasteiger partial charge in [-0.25, -0.2) is 8.42 Å². The number of aromatic nitrogens is 1. The van der Waals surface area contributed by atoms with Crippen LogP contribution in [0.3, 0.4) is 0 Å². The van der Waals surface area contributed by atoms with Crippen LogP contribution in [0.15, 0.2) is 71.6 Å². The molecule has 4 heteroatoms. The predicted octanol–water partition coefficient (Wildman–Crippen LogP) is 5.00. The summed E-state index contributed by atoms with van der Waals surface area (Å²) in [4.78, 5) is 0.375. The second-order valence-corrected chi connectivity index (χ2v) is 9.04. The molecule has 138 valence electrons. The Kier molecular flexibility index (Phi) is 4.52. The molecule has 0 fully saturated rings. The lowest BCUT2D eigenvalue weighted by Crippen LogP contribution is -1.98. The van der Waals surface area contributed by atoms with Gasteiger partial charge in [0.1, 0.15) is 0 Å². The highest BCUT2D eigenvalue weighted by Crippen LogP contribution is 2.30. The second-order valence-electron chi connectivity index (χ2n) is 7.03. The molecule has 0 bridgehead atoms. The van der Waals surface area contributed by atoms with Gasteiger partial charge in [0.15, 0.2) is 9.84 Å². The van der Waals surface area contributed by atoms with Gasteiger partial charge in [-0.3, -0.25) is 0 Å². The molecular formula is C23H23NO2S. The molecule has 1 aromatic heterocycles. The number of aryl methyl sites for hydroxylation is 3.